The van der Waals surface area contributed by atoms with Crippen LogP contribution in [0.15, 0.2) is 41.3 Å². The van der Waals surface area contributed by atoms with Gasteiger partial charge in [-0.1, -0.05) is 12.1 Å². The van der Waals surface area contributed by atoms with Crippen LogP contribution in [0, 0.1) is 12.7 Å². The van der Waals surface area contributed by atoms with E-state index in [-0.39, 0.29) is 18.0 Å². The molecular weight excluding hydrogens is 221 g/mol. The van der Waals surface area contributed by atoms with Crippen LogP contribution < -0.4 is 10.3 Å². The Hall–Kier alpha value is -2.10. The second kappa shape index (κ2) is 4.82. The van der Waals surface area contributed by atoms with Crippen LogP contribution in [0.5, 0.6) is 5.75 Å². The van der Waals surface area contributed by atoms with Gasteiger partial charge in [0.25, 0.3) is 5.56 Å². The smallest absolute Gasteiger partial charge is 0.251 e. The molecule has 0 fully saturated rings. The Morgan fingerprint density at radius 1 is 1.29 bits per heavy atom. The highest BCUT2D eigenvalue weighted by Gasteiger charge is 2.03. The summed E-state index contributed by atoms with van der Waals surface area (Å²) >= 11 is 0. The highest BCUT2D eigenvalue weighted by Crippen LogP contribution is 2.13. The number of rotatable bonds is 3. The molecule has 0 atom stereocenters. The lowest BCUT2D eigenvalue weighted by Gasteiger charge is -2.07. The number of benzene rings is 1. The van der Waals surface area contributed by atoms with Crippen molar-refractivity contribution in [3.63, 3.8) is 0 Å². The molecule has 88 valence electrons. The number of aromatic amines is 1. The number of nitrogens with one attached hydrogen (secondary N) is 1. The van der Waals surface area contributed by atoms with Gasteiger partial charge >= 0.3 is 0 Å². The van der Waals surface area contributed by atoms with Crippen molar-refractivity contribution in [1.82, 2.24) is 4.98 Å². The van der Waals surface area contributed by atoms with E-state index in [1.165, 1.54) is 18.3 Å². The highest BCUT2D eigenvalue weighted by atomic mass is 19.1. The van der Waals surface area contributed by atoms with Crippen molar-refractivity contribution in [3.8, 4) is 5.75 Å². The number of aryl methyl sites for hydroxylation is 1. The Morgan fingerprint density at radius 2 is 2.12 bits per heavy atom. The minimum Gasteiger partial charge on any atom is -0.489 e. The Balaban J connectivity index is 2.10. The topological polar surface area (TPSA) is 42.1 Å². The molecule has 0 radical (unpaired) electrons. The number of pyridine rings is 1. The zero-order chi connectivity index (χ0) is 12.3. The molecule has 0 amide bonds. The van der Waals surface area contributed by atoms with Crippen LogP contribution >= 0.6 is 0 Å². The summed E-state index contributed by atoms with van der Waals surface area (Å²) < 4.78 is 18.8. The number of aromatic nitrogens is 1. The van der Waals surface area contributed by atoms with Gasteiger partial charge in [-0.3, -0.25) is 4.79 Å². The van der Waals surface area contributed by atoms with Gasteiger partial charge in [0.1, 0.15) is 18.2 Å². The van der Waals surface area contributed by atoms with Crippen molar-refractivity contribution in [1.29, 1.82) is 0 Å². The molecule has 0 aliphatic rings. The van der Waals surface area contributed by atoms with Crippen LogP contribution in [0.25, 0.3) is 0 Å². The molecule has 0 unspecified atom stereocenters. The zero-order valence-corrected chi connectivity index (χ0v) is 9.37. The summed E-state index contributed by atoms with van der Waals surface area (Å²) in [6.07, 6.45) is 1.49. The average molecular weight is 233 g/mol. The highest BCUT2D eigenvalue weighted by molar-refractivity contribution is 5.24. The van der Waals surface area contributed by atoms with Crippen LogP contribution in [0.1, 0.15) is 11.1 Å². The van der Waals surface area contributed by atoms with E-state index in [0.29, 0.717) is 11.3 Å². The van der Waals surface area contributed by atoms with Gasteiger partial charge in [0.05, 0.1) is 0 Å². The van der Waals surface area contributed by atoms with Gasteiger partial charge in [-0.2, -0.15) is 0 Å². The zero-order valence-electron chi connectivity index (χ0n) is 9.37. The molecule has 1 N–H and O–H groups in total. The number of H-pyrrole nitrogens is 1. The standard InChI is InChI=1S/C13H12FNO2/c1-9-2-3-10(12(14)6-9)8-17-11-4-5-15-13(16)7-11/h2-7H,8H2,1H3,(H,15,16). The summed E-state index contributed by atoms with van der Waals surface area (Å²) in [7, 11) is 0. The summed E-state index contributed by atoms with van der Waals surface area (Å²) in [5, 5.41) is 0. The van der Waals surface area contributed by atoms with Crippen molar-refractivity contribution < 1.29 is 9.13 Å². The third-order valence-corrected chi connectivity index (χ3v) is 2.35. The summed E-state index contributed by atoms with van der Waals surface area (Å²) in [4.78, 5) is 13.5. The molecule has 4 heteroatoms. The maximum Gasteiger partial charge on any atom is 0.251 e. The first kappa shape index (κ1) is 11.4. The molecule has 1 heterocycles. The van der Waals surface area contributed by atoms with Crippen molar-refractivity contribution >= 4 is 0 Å². The van der Waals surface area contributed by atoms with E-state index >= 15 is 0 Å². The normalized spacial score (nSPS) is 10.2. The van der Waals surface area contributed by atoms with E-state index in [1.807, 2.05) is 13.0 Å². The fourth-order valence-electron chi connectivity index (χ4n) is 1.45. The lowest BCUT2D eigenvalue weighted by Crippen LogP contribution is -2.05. The van der Waals surface area contributed by atoms with Crippen LogP contribution in [0.4, 0.5) is 4.39 Å². The van der Waals surface area contributed by atoms with E-state index < -0.39 is 0 Å². The van der Waals surface area contributed by atoms with Gasteiger partial charge in [-0.05, 0) is 24.6 Å². The Labute approximate surface area is 97.9 Å². The predicted octanol–water partition coefficient (Wildman–Crippen LogP) is 2.40. The first-order valence-corrected chi connectivity index (χ1v) is 5.22. The molecule has 0 saturated heterocycles. The average Bonchev–Trinajstić information content (AvgIpc) is 2.28. The van der Waals surface area contributed by atoms with E-state index in [9.17, 15) is 9.18 Å². The fourth-order valence-corrected chi connectivity index (χ4v) is 1.45. The minimum absolute atomic E-state index is 0.107. The first-order valence-electron chi connectivity index (χ1n) is 5.22. The van der Waals surface area contributed by atoms with E-state index in [1.54, 1.807) is 12.1 Å². The van der Waals surface area contributed by atoms with Crippen molar-refractivity contribution in [3.05, 3.63) is 63.8 Å². The van der Waals surface area contributed by atoms with Crippen LogP contribution in [0.3, 0.4) is 0 Å². The Morgan fingerprint density at radius 3 is 2.82 bits per heavy atom. The molecule has 0 bridgehead atoms. The second-order valence-corrected chi connectivity index (χ2v) is 3.77. The molecule has 3 nitrogen and oxygen atoms in total. The monoisotopic (exact) mass is 233 g/mol. The van der Waals surface area contributed by atoms with E-state index in [4.69, 9.17) is 4.74 Å². The molecule has 17 heavy (non-hydrogen) atoms. The predicted molar refractivity (Wildman–Crippen MR) is 62.5 cm³/mol. The van der Waals surface area contributed by atoms with Crippen molar-refractivity contribution in [2.24, 2.45) is 0 Å². The van der Waals surface area contributed by atoms with Crippen LogP contribution in [-0.2, 0) is 6.61 Å². The third kappa shape index (κ3) is 2.93. The van der Waals surface area contributed by atoms with Gasteiger partial charge in [0, 0.05) is 17.8 Å². The van der Waals surface area contributed by atoms with Gasteiger partial charge in [-0.25, -0.2) is 4.39 Å². The van der Waals surface area contributed by atoms with Gasteiger partial charge in [0.15, 0.2) is 0 Å². The van der Waals surface area contributed by atoms with Crippen molar-refractivity contribution in [2.45, 2.75) is 13.5 Å². The molecule has 0 aliphatic carbocycles. The summed E-state index contributed by atoms with van der Waals surface area (Å²) in [5.41, 5.74) is 1.09. The van der Waals surface area contributed by atoms with Crippen molar-refractivity contribution in [2.75, 3.05) is 0 Å². The Kier molecular flexibility index (Phi) is 3.23. The summed E-state index contributed by atoms with van der Waals surface area (Å²) in [6.45, 7) is 1.93. The molecule has 2 rings (SSSR count). The molecule has 0 aliphatic heterocycles. The number of hydrogen-bond donors (Lipinski definition) is 1. The maximum absolute atomic E-state index is 13.5. The Bertz CT molecular complexity index is 578. The summed E-state index contributed by atoms with van der Waals surface area (Å²) in [6, 6.07) is 7.90. The van der Waals surface area contributed by atoms with Crippen LogP contribution in [-0.4, -0.2) is 4.98 Å². The quantitative estimate of drug-likeness (QED) is 0.884. The molecule has 1 aromatic carbocycles. The number of halogens is 1. The van der Waals surface area contributed by atoms with Gasteiger partial charge in [0.2, 0.25) is 0 Å². The summed E-state index contributed by atoms with van der Waals surface area (Å²) in [5.74, 6) is 0.128. The second-order valence-electron chi connectivity index (χ2n) is 3.77. The molecule has 0 saturated carbocycles. The van der Waals surface area contributed by atoms with Crippen LogP contribution in [0.2, 0.25) is 0 Å². The van der Waals surface area contributed by atoms with Gasteiger partial charge in [-0.15, -0.1) is 0 Å². The fraction of sp³-hybridized carbons (Fsp3) is 0.154. The number of ether oxygens (including phenoxy) is 1. The maximum atomic E-state index is 13.5. The molecule has 0 spiro atoms. The molecule has 2 aromatic rings. The molecule has 1 aromatic heterocycles. The number of hydrogen-bond acceptors (Lipinski definition) is 2. The SMILES string of the molecule is Cc1ccc(COc2cc[nH]c(=O)c2)c(F)c1. The lowest BCUT2D eigenvalue weighted by molar-refractivity contribution is 0.299. The van der Waals surface area contributed by atoms with E-state index in [0.717, 1.165) is 5.56 Å². The minimum atomic E-state index is -0.296. The van der Waals surface area contributed by atoms with Gasteiger partial charge < -0.3 is 9.72 Å². The molecular formula is C13H12FNO2. The van der Waals surface area contributed by atoms with E-state index in [2.05, 4.69) is 4.98 Å². The third-order valence-electron chi connectivity index (χ3n) is 2.35. The largest absolute Gasteiger partial charge is 0.489 e. The lowest BCUT2D eigenvalue weighted by atomic mass is 10.1. The first-order chi connectivity index (χ1) is 8.15.